The molecule has 106 heavy (non-hydrogen) atoms. The van der Waals surface area contributed by atoms with E-state index < -0.39 is 0 Å². The maximum atomic E-state index is 3.89. The van der Waals surface area contributed by atoms with Gasteiger partial charge < -0.3 is 0 Å². The van der Waals surface area contributed by atoms with Gasteiger partial charge in [0.2, 0.25) is 0 Å². The molecule has 0 radical (unpaired) electrons. The summed E-state index contributed by atoms with van der Waals surface area (Å²) in [5.74, 6) is 23.1. The minimum absolute atomic E-state index is 0.0421. The third-order valence-electron chi connectivity index (χ3n) is 26.0. The van der Waals surface area contributed by atoms with Gasteiger partial charge in [-0.1, -0.05) is 381 Å². The van der Waals surface area contributed by atoms with E-state index in [1.54, 1.807) is 11.1 Å². The predicted octanol–water partition coefficient (Wildman–Crippen LogP) is 30.7. The Bertz CT molecular complexity index is 4090. The topological polar surface area (TPSA) is 0 Å². The molecular formula is C106H130. The Balaban J connectivity index is 0.882. The summed E-state index contributed by atoms with van der Waals surface area (Å²) in [6.07, 6.45) is 50.0. The Morgan fingerprint density at radius 1 is 0.170 bits per heavy atom. The molecule has 8 aromatic carbocycles. The second-order valence-corrected chi connectivity index (χ2v) is 33.2. The zero-order chi connectivity index (χ0) is 73.6. The summed E-state index contributed by atoms with van der Waals surface area (Å²) in [5, 5.41) is 0. The second kappa shape index (κ2) is 38.0. The van der Waals surface area contributed by atoms with Crippen molar-refractivity contribution in [3.63, 3.8) is 0 Å². The van der Waals surface area contributed by atoms with E-state index in [1.807, 2.05) is 0 Å². The summed E-state index contributed by atoms with van der Waals surface area (Å²) in [4.78, 5) is 0. The highest BCUT2D eigenvalue weighted by Crippen LogP contribution is 2.59. The third-order valence-corrected chi connectivity index (χ3v) is 26.0. The fraction of sp³-hybridized carbons (Fsp3) is 0.491. The van der Waals surface area contributed by atoms with E-state index in [4.69, 9.17) is 0 Å². The van der Waals surface area contributed by atoms with Gasteiger partial charge in [0.05, 0.1) is 0 Å². The number of hydrogen-bond donors (Lipinski definition) is 0. The summed E-state index contributed by atoms with van der Waals surface area (Å²) in [5.41, 5.74) is 30.1. The molecule has 0 aromatic heterocycles. The predicted molar refractivity (Wildman–Crippen MR) is 459 cm³/mol. The maximum absolute atomic E-state index is 3.89. The molecule has 0 spiro atoms. The lowest BCUT2D eigenvalue weighted by molar-refractivity contribution is 0.401. The van der Waals surface area contributed by atoms with Crippen LogP contribution in [0.3, 0.4) is 0 Å². The van der Waals surface area contributed by atoms with Crippen molar-refractivity contribution in [3.8, 4) is 80.0 Å². The first kappa shape index (κ1) is 78.0. The molecule has 0 aliphatic heterocycles. The van der Waals surface area contributed by atoms with Crippen LogP contribution < -0.4 is 0 Å². The van der Waals surface area contributed by atoms with Gasteiger partial charge in [-0.05, 0) is 213 Å². The van der Waals surface area contributed by atoms with Crippen molar-refractivity contribution in [1.82, 2.24) is 0 Å². The average molecular weight is 1400 g/mol. The molecule has 0 heterocycles. The van der Waals surface area contributed by atoms with E-state index in [2.05, 4.69) is 249 Å². The SMILES string of the molecule is CCCCCCC1(CCCCCC)c2ccccc2-c2ccc(C#Cc3ccc4c(c3)C(CCCCCC)(CCCCCC)c3cc(C#Cc5ccc6c(c5)C(CCCCCC)(CCCCCC)c5cc(C#Cc7ccc8c(c7)C(CCCCCC)(CCCCCC)c7ccccc7-8)ccc5-6)ccc3-4)cc21. The van der Waals surface area contributed by atoms with Crippen molar-refractivity contribution in [3.05, 3.63) is 236 Å². The van der Waals surface area contributed by atoms with E-state index in [1.165, 1.54) is 309 Å². The molecule has 0 saturated carbocycles. The van der Waals surface area contributed by atoms with Gasteiger partial charge in [-0.3, -0.25) is 0 Å². The van der Waals surface area contributed by atoms with Crippen LogP contribution in [-0.4, -0.2) is 0 Å². The van der Waals surface area contributed by atoms with Gasteiger partial charge in [0, 0.05) is 55.0 Å². The first-order valence-electron chi connectivity index (χ1n) is 43.8. The smallest absolute Gasteiger partial charge is 0.0252 e. The first-order valence-corrected chi connectivity index (χ1v) is 43.8. The highest BCUT2D eigenvalue weighted by molar-refractivity contribution is 5.86. The zero-order valence-electron chi connectivity index (χ0n) is 67.3. The van der Waals surface area contributed by atoms with Crippen LogP contribution in [0, 0.1) is 35.5 Å². The van der Waals surface area contributed by atoms with Crippen LogP contribution in [0.25, 0.3) is 44.5 Å². The van der Waals surface area contributed by atoms with Crippen molar-refractivity contribution in [2.24, 2.45) is 0 Å². The number of fused-ring (bicyclic) bond motifs is 12. The quantitative estimate of drug-likeness (QED) is 0.0265. The van der Waals surface area contributed by atoms with E-state index in [0.717, 1.165) is 59.1 Å². The molecule has 0 N–H and O–H groups in total. The summed E-state index contributed by atoms with van der Waals surface area (Å²) < 4.78 is 0. The van der Waals surface area contributed by atoms with Gasteiger partial charge in [0.25, 0.3) is 0 Å². The molecular weight excluding hydrogens is 1270 g/mol. The van der Waals surface area contributed by atoms with Gasteiger partial charge in [0.15, 0.2) is 0 Å². The second-order valence-electron chi connectivity index (χ2n) is 33.2. The lowest BCUT2D eigenvalue weighted by Gasteiger charge is -2.33. The summed E-state index contributed by atoms with van der Waals surface area (Å²) in [6, 6.07) is 62.6. The molecule has 0 nitrogen and oxygen atoms in total. The number of rotatable bonds is 40. The minimum Gasteiger partial charge on any atom is -0.0654 e. The largest absolute Gasteiger partial charge is 0.0654 e. The van der Waals surface area contributed by atoms with Crippen LogP contribution in [-0.2, 0) is 21.7 Å². The van der Waals surface area contributed by atoms with Gasteiger partial charge in [0.1, 0.15) is 0 Å². The Labute approximate surface area is 645 Å². The molecule has 0 unspecified atom stereocenters. The van der Waals surface area contributed by atoms with Crippen molar-refractivity contribution in [2.45, 2.75) is 334 Å². The van der Waals surface area contributed by atoms with E-state index in [0.29, 0.717) is 0 Å². The maximum Gasteiger partial charge on any atom is 0.0252 e. The van der Waals surface area contributed by atoms with Crippen LogP contribution >= 0.6 is 0 Å². The van der Waals surface area contributed by atoms with E-state index in [9.17, 15) is 0 Å². The van der Waals surface area contributed by atoms with Crippen LogP contribution in [0.15, 0.2) is 158 Å². The molecule has 12 rings (SSSR count). The first-order chi connectivity index (χ1) is 52.2. The molecule has 0 amide bonds. The van der Waals surface area contributed by atoms with E-state index >= 15 is 0 Å². The highest BCUT2D eigenvalue weighted by atomic mass is 14.5. The van der Waals surface area contributed by atoms with Crippen LogP contribution in [0.1, 0.15) is 390 Å². The fourth-order valence-corrected chi connectivity index (χ4v) is 20.3. The lowest BCUT2D eigenvalue weighted by Crippen LogP contribution is -2.26. The number of benzene rings is 8. The van der Waals surface area contributed by atoms with Crippen LogP contribution in [0.4, 0.5) is 0 Å². The Morgan fingerprint density at radius 2 is 0.330 bits per heavy atom. The fourth-order valence-electron chi connectivity index (χ4n) is 20.3. The Hall–Kier alpha value is -7.56. The van der Waals surface area contributed by atoms with E-state index in [-0.39, 0.29) is 21.7 Å². The number of hydrogen-bond acceptors (Lipinski definition) is 0. The summed E-state index contributed by atoms with van der Waals surface area (Å²) in [6.45, 7) is 18.8. The Morgan fingerprint density at radius 3 is 0.509 bits per heavy atom. The molecule has 0 heteroatoms. The van der Waals surface area contributed by atoms with Crippen molar-refractivity contribution in [2.75, 3.05) is 0 Å². The summed E-state index contributed by atoms with van der Waals surface area (Å²) in [7, 11) is 0. The summed E-state index contributed by atoms with van der Waals surface area (Å²) >= 11 is 0. The molecule has 0 bridgehead atoms. The van der Waals surface area contributed by atoms with Crippen LogP contribution in [0.2, 0.25) is 0 Å². The molecule has 8 aromatic rings. The molecule has 0 saturated heterocycles. The van der Waals surface area contributed by atoms with Crippen LogP contribution in [0.5, 0.6) is 0 Å². The highest BCUT2D eigenvalue weighted by Gasteiger charge is 2.47. The van der Waals surface area contributed by atoms with Gasteiger partial charge in [-0.15, -0.1) is 0 Å². The van der Waals surface area contributed by atoms with Gasteiger partial charge in [-0.25, -0.2) is 0 Å². The lowest BCUT2D eigenvalue weighted by atomic mass is 9.70. The molecule has 554 valence electrons. The zero-order valence-corrected chi connectivity index (χ0v) is 67.3. The van der Waals surface area contributed by atoms with Gasteiger partial charge in [-0.2, -0.15) is 0 Å². The molecule has 4 aliphatic carbocycles. The average Bonchev–Trinajstić information content (AvgIpc) is 1.59. The molecule has 4 aliphatic rings. The third kappa shape index (κ3) is 17.0. The van der Waals surface area contributed by atoms with Gasteiger partial charge >= 0.3 is 0 Å². The van der Waals surface area contributed by atoms with Crippen molar-refractivity contribution < 1.29 is 0 Å². The monoisotopic (exact) mass is 1400 g/mol. The minimum atomic E-state index is -0.103. The molecule has 0 atom stereocenters. The Kier molecular flexibility index (Phi) is 28.0. The van der Waals surface area contributed by atoms with Crippen molar-refractivity contribution >= 4 is 0 Å². The van der Waals surface area contributed by atoms with Crippen molar-refractivity contribution in [1.29, 1.82) is 0 Å². The molecule has 0 fully saturated rings. The number of unbranched alkanes of at least 4 members (excludes halogenated alkanes) is 24. The normalized spacial score (nSPS) is 14.3. The standard InChI is InChI=1S/C106H130/c1-9-17-25-37-67-103(68-38-26-18-10-2)95-47-35-33-45-87(95)89-61-55-81(75-97(89)103)49-51-83-57-63-91-93-65-59-85(79-101(93)105(99(91)77-83,71-41-29-21-13-5)72-42-30-22-14-6)53-54-86-60-66-94-92-64-58-84(78-100(92)106(102(94)80-86,73-43-31-23-15-7)74-44-32-24-16-8)52-50-82-56-62-90-88-46-34-36-48-96(88)104(98(90)76-82,69-39-27-19-11-3)70-40-28-20-12-4/h33-36,45-48,55-66,75-80H,9-32,37-44,67-74H2,1-8H3.